The van der Waals surface area contributed by atoms with Crippen LogP contribution in [0.3, 0.4) is 0 Å². The monoisotopic (exact) mass is 494 g/mol. The molecule has 0 saturated heterocycles. The molecule has 0 atom stereocenters. The largest absolute Gasteiger partial charge is 0.366 e. The summed E-state index contributed by atoms with van der Waals surface area (Å²) >= 11 is 0. The smallest absolute Gasteiger partial charge is 0.248 e. The van der Waals surface area contributed by atoms with Crippen molar-refractivity contribution in [2.75, 3.05) is 13.6 Å². The molecule has 0 heterocycles. The van der Waals surface area contributed by atoms with Crippen LogP contribution in [0, 0.1) is 0 Å². The number of primary amides is 1. The van der Waals surface area contributed by atoms with Crippen LogP contribution >= 0.6 is 24.0 Å². The van der Waals surface area contributed by atoms with Gasteiger partial charge in [-0.05, 0) is 35.2 Å². The van der Waals surface area contributed by atoms with Crippen LogP contribution in [0.4, 0.5) is 0 Å². The topological polar surface area (TPSA) is 79.5 Å². The first-order valence-corrected chi connectivity index (χ1v) is 9.28. The number of nitrogens with zero attached hydrogens (tertiary/aromatic N) is 1. The lowest BCUT2D eigenvalue weighted by atomic mass is 9.84. The lowest BCUT2D eigenvalue weighted by Crippen LogP contribution is -2.43. The van der Waals surface area contributed by atoms with Gasteiger partial charge in [0.05, 0.1) is 0 Å². The number of carbonyl (C=O) groups is 1. The summed E-state index contributed by atoms with van der Waals surface area (Å²) in [5.41, 5.74) is 9.46. The second kappa shape index (κ2) is 11.0. The summed E-state index contributed by atoms with van der Waals surface area (Å²) in [6.07, 6.45) is 1.05. The minimum absolute atomic E-state index is 0. The Morgan fingerprint density at radius 3 is 2.07 bits per heavy atom. The van der Waals surface area contributed by atoms with Crippen molar-refractivity contribution in [2.24, 2.45) is 10.7 Å². The number of aliphatic imine (C=N–C) groups is 1. The number of hydrogen-bond acceptors (Lipinski definition) is 2. The summed E-state index contributed by atoms with van der Waals surface area (Å²) in [5.74, 6) is 0.327. The maximum atomic E-state index is 11.1. The number of nitrogens with one attached hydrogen (secondary N) is 2. The van der Waals surface area contributed by atoms with Gasteiger partial charge in [-0.2, -0.15) is 0 Å². The molecule has 0 aliphatic heterocycles. The SMILES string of the molecule is CCc1ccc(C(C)(C)CNC(=NC)NCc2ccc(C(N)=O)cc2)cc1.I. The Labute approximate surface area is 185 Å². The Morgan fingerprint density at radius 1 is 1.00 bits per heavy atom. The van der Waals surface area contributed by atoms with Crippen molar-refractivity contribution in [3.8, 4) is 0 Å². The molecule has 0 saturated carbocycles. The van der Waals surface area contributed by atoms with Crippen molar-refractivity contribution in [3.05, 3.63) is 70.8 Å². The highest BCUT2D eigenvalue weighted by Gasteiger charge is 2.20. The molecular weight excluding hydrogens is 463 g/mol. The molecule has 0 aliphatic rings. The van der Waals surface area contributed by atoms with Gasteiger partial charge in [-0.25, -0.2) is 0 Å². The van der Waals surface area contributed by atoms with Crippen LogP contribution in [-0.2, 0) is 18.4 Å². The predicted molar refractivity (Wildman–Crippen MR) is 127 cm³/mol. The standard InChI is InChI=1S/C22H30N4O.HI/c1-5-16-8-12-19(13-9-16)22(2,3)15-26-21(24-4)25-14-17-6-10-18(11-7-17)20(23)27;/h6-13H,5,14-15H2,1-4H3,(H2,23,27)(H2,24,25,26);1H. The van der Waals surface area contributed by atoms with E-state index in [4.69, 9.17) is 5.73 Å². The lowest BCUT2D eigenvalue weighted by molar-refractivity contribution is 0.100. The molecule has 2 aromatic carbocycles. The first kappa shape index (κ1) is 23.9. The van der Waals surface area contributed by atoms with Crippen molar-refractivity contribution in [1.82, 2.24) is 10.6 Å². The van der Waals surface area contributed by atoms with Gasteiger partial charge in [0.1, 0.15) is 0 Å². The van der Waals surface area contributed by atoms with E-state index in [1.165, 1.54) is 11.1 Å². The van der Waals surface area contributed by atoms with Crippen LogP contribution < -0.4 is 16.4 Å². The molecule has 0 radical (unpaired) electrons. The minimum atomic E-state index is -0.416. The number of hydrogen-bond donors (Lipinski definition) is 3. The van der Waals surface area contributed by atoms with E-state index in [0.717, 1.165) is 24.5 Å². The van der Waals surface area contributed by atoms with Crippen molar-refractivity contribution in [3.63, 3.8) is 0 Å². The number of carbonyl (C=O) groups excluding carboxylic acids is 1. The van der Waals surface area contributed by atoms with Gasteiger partial charge >= 0.3 is 0 Å². The van der Waals surface area contributed by atoms with Gasteiger partial charge in [-0.3, -0.25) is 9.79 Å². The first-order valence-electron chi connectivity index (χ1n) is 9.28. The highest BCUT2D eigenvalue weighted by Crippen LogP contribution is 2.22. The van der Waals surface area contributed by atoms with E-state index in [2.05, 4.69) is 60.7 Å². The predicted octanol–water partition coefficient (Wildman–Crippen LogP) is 3.61. The zero-order valence-electron chi connectivity index (χ0n) is 17.1. The molecule has 0 fully saturated rings. The molecule has 0 spiro atoms. The number of guanidine groups is 1. The van der Waals surface area contributed by atoms with Crippen LogP contribution in [0.5, 0.6) is 0 Å². The number of amides is 1. The molecule has 28 heavy (non-hydrogen) atoms. The van der Waals surface area contributed by atoms with Gasteiger partial charge in [0, 0.05) is 31.1 Å². The summed E-state index contributed by atoms with van der Waals surface area (Å²) in [4.78, 5) is 15.4. The number of benzene rings is 2. The van der Waals surface area contributed by atoms with E-state index in [9.17, 15) is 4.79 Å². The Morgan fingerprint density at radius 2 is 1.57 bits per heavy atom. The van der Waals surface area contributed by atoms with E-state index < -0.39 is 5.91 Å². The van der Waals surface area contributed by atoms with E-state index in [0.29, 0.717) is 12.1 Å². The summed E-state index contributed by atoms with van der Waals surface area (Å²) in [6.45, 7) is 7.98. The summed E-state index contributed by atoms with van der Waals surface area (Å²) in [7, 11) is 1.76. The molecule has 1 amide bonds. The van der Waals surface area contributed by atoms with E-state index in [1.54, 1.807) is 19.2 Å². The Balaban J connectivity index is 0.00000392. The fourth-order valence-corrected chi connectivity index (χ4v) is 2.79. The maximum Gasteiger partial charge on any atom is 0.248 e. The summed E-state index contributed by atoms with van der Waals surface area (Å²) in [5, 5.41) is 6.70. The highest BCUT2D eigenvalue weighted by molar-refractivity contribution is 14.0. The molecule has 2 aromatic rings. The second-order valence-corrected chi connectivity index (χ2v) is 7.27. The van der Waals surface area contributed by atoms with Crippen LogP contribution in [0.15, 0.2) is 53.5 Å². The van der Waals surface area contributed by atoms with Gasteiger partial charge in [0.25, 0.3) is 0 Å². The second-order valence-electron chi connectivity index (χ2n) is 7.27. The van der Waals surface area contributed by atoms with Crippen LogP contribution in [0.1, 0.15) is 47.8 Å². The molecule has 0 unspecified atom stereocenters. The van der Waals surface area contributed by atoms with Gasteiger partial charge in [0.15, 0.2) is 5.96 Å². The number of aryl methyl sites for hydroxylation is 1. The van der Waals surface area contributed by atoms with Crippen molar-refractivity contribution >= 4 is 35.8 Å². The van der Waals surface area contributed by atoms with Crippen LogP contribution in [0.2, 0.25) is 0 Å². The normalized spacial score (nSPS) is 11.5. The fourth-order valence-electron chi connectivity index (χ4n) is 2.79. The molecule has 152 valence electrons. The third-order valence-electron chi connectivity index (χ3n) is 4.76. The Hall–Kier alpha value is -2.09. The highest BCUT2D eigenvalue weighted by atomic mass is 127. The summed E-state index contributed by atoms with van der Waals surface area (Å²) < 4.78 is 0. The zero-order valence-corrected chi connectivity index (χ0v) is 19.4. The molecular formula is C22H31IN4O. The maximum absolute atomic E-state index is 11.1. The van der Waals surface area contributed by atoms with Crippen LogP contribution in [-0.4, -0.2) is 25.5 Å². The molecule has 2 rings (SSSR count). The van der Waals surface area contributed by atoms with Crippen molar-refractivity contribution in [2.45, 2.75) is 39.2 Å². The first-order chi connectivity index (χ1) is 12.9. The molecule has 0 aliphatic carbocycles. The van der Waals surface area contributed by atoms with Gasteiger partial charge in [-0.15, -0.1) is 24.0 Å². The quantitative estimate of drug-likeness (QED) is 0.313. The van der Waals surface area contributed by atoms with Gasteiger partial charge in [0.2, 0.25) is 5.91 Å². The zero-order chi connectivity index (χ0) is 19.9. The Bertz CT molecular complexity index is 783. The van der Waals surface area contributed by atoms with E-state index >= 15 is 0 Å². The van der Waals surface area contributed by atoms with Gasteiger partial charge in [-0.1, -0.05) is 57.2 Å². The lowest BCUT2D eigenvalue weighted by Gasteiger charge is -2.27. The van der Waals surface area contributed by atoms with Gasteiger partial charge < -0.3 is 16.4 Å². The van der Waals surface area contributed by atoms with E-state index in [1.807, 2.05) is 12.1 Å². The third-order valence-corrected chi connectivity index (χ3v) is 4.76. The average molecular weight is 494 g/mol. The van der Waals surface area contributed by atoms with E-state index in [-0.39, 0.29) is 29.4 Å². The molecule has 0 bridgehead atoms. The average Bonchev–Trinajstić information content (AvgIpc) is 2.68. The molecule has 6 heteroatoms. The molecule has 5 nitrogen and oxygen atoms in total. The van der Waals surface area contributed by atoms with Crippen molar-refractivity contribution in [1.29, 1.82) is 0 Å². The summed E-state index contributed by atoms with van der Waals surface area (Å²) in [6, 6.07) is 16.0. The Kier molecular flexibility index (Phi) is 9.45. The number of nitrogens with two attached hydrogens (primary N) is 1. The van der Waals surface area contributed by atoms with Crippen LogP contribution in [0.25, 0.3) is 0 Å². The minimum Gasteiger partial charge on any atom is -0.366 e. The van der Waals surface area contributed by atoms with Crippen molar-refractivity contribution < 1.29 is 4.79 Å². The number of halogens is 1. The third kappa shape index (κ3) is 6.82. The molecule has 0 aromatic heterocycles. The number of rotatable bonds is 7. The molecule has 4 N–H and O–H groups in total. The fraction of sp³-hybridized carbons (Fsp3) is 0.364.